The van der Waals surface area contributed by atoms with Crippen molar-refractivity contribution in [2.24, 2.45) is 0 Å². The van der Waals surface area contributed by atoms with Gasteiger partial charge in [0.1, 0.15) is 0 Å². The van der Waals surface area contributed by atoms with Gasteiger partial charge in [-0.25, -0.2) is 0 Å². The monoisotopic (exact) mass is 354 g/mol. The van der Waals surface area contributed by atoms with Crippen LogP contribution in [0.2, 0.25) is 0 Å². The predicted octanol–water partition coefficient (Wildman–Crippen LogP) is 5.28. The summed E-state index contributed by atoms with van der Waals surface area (Å²) in [6, 6.07) is 9.90. The van der Waals surface area contributed by atoms with Gasteiger partial charge in [-0.3, -0.25) is 0 Å². The van der Waals surface area contributed by atoms with Crippen LogP contribution in [-0.4, -0.2) is 6.18 Å². The van der Waals surface area contributed by atoms with E-state index in [1.165, 1.54) is 5.56 Å². The van der Waals surface area contributed by atoms with E-state index in [4.69, 9.17) is 0 Å². The van der Waals surface area contributed by atoms with E-state index in [1.54, 1.807) is 0 Å². The first kappa shape index (κ1) is 14.5. The molecule has 0 aliphatic carbocycles. The molecule has 0 spiro atoms. The van der Waals surface area contributed by atoms with Crippen molar-refractivity contribution < 1.29 is 13.2 Å². The van der Waals surface area contributed by atoms with Gasteiger partial charge in [0.25, 0.3) is 0 Å². The highest BCUT2D eigenvalue weighted by Gasteiger charge is 2.25. The zero-order valence-electron chi connectivity index (χ0n) is 9.30. The zero-order valence-corrected chi connectivity index (χ0v) is 11.5. The van der Waals surface area contributed by atoms with Crippen molar-refractivity contribution >= 4 is 22.6 Å². The summed E-state index contributed by atoms with van der Waals surface area (Å²) in [4.78, 5) is 0. The highest BCUT2D eigenvalue weighted by molar-refractivity contribution is 14.1. The molecule has 0 saturated heterocycles. The molecule has 17 heavy (non-hydrogen) atoms. The Balaban J connectivity index is 2.31. The average Bonchev–Trinajstić information content (AvgIpc) is 2.25. The Morgan fingerprint density at radius 1 is 1.18 bits per heavy atom. The summed E-state index contributed by atoms with van der Waals surface area (Å²) < 4.78 is 36.8. The molecule has 0 N–H and O–H groups in total. The molecule has 0 heterocycles. The second-order valence-electron chi connectivity index (χ2n) is 3.82. The number of hydrogen-bond donors (Lipinski definition) is 0. The highest BCUT2D eigenvalue weighted by Crippen LogP contribution is 2.23. The van der Waals surface area contributed by atoms with Gasteiger partial charge in [-0.1, -0.05) is 36.4 Å². The number of halogens is 4. The summed E-state index contributed by atoms with van der Waals surface area (Å²) in [5, 5.41) is 0. The second-order valence-corrected chi connectivity index (χ2v) is 5.21. The molecule has 0 nitrogen and oxygen atoms in total. The number of benzene rings is 1. The van der Waals surface area contributed by atoms with E-state index in [0.717, 1.165) is 10.0 Å². The highest BCUT2D eigenvalue weighted by atomic mass is 127. The van der Waals surface area contributed by atoms with Crippen LogP contribution in [0.5, 0.6) is 0 Å². The van der Waals surface area contributed by atoms with E-state index < -0.39 is 12.6 Å². The number of alkyl halides is 3. The van der Waals surface area contributed by atoms with E-state index in [-0.39, 0.29) is 6.42 Å². The van der Waals surface area contributed by atoms with Crippen molar-refractivity contribution in [1.29, 1.82) is 0 Å². The van der Waals surface area contributed by atoms with Crippen molar-refractivity contribution in [2.45, 2.75) is 31.9 Å². The maximum atomic E-state index is 11.9. The van der Waals surface area contributed by atoms with E-state index >= 15 is 0 Å². The molecule has 0 aromatic heterocycles. The summed E-state index contributed by atoms with van der Waals surface area (Å²) in [5.74, 6) is 0. The van der Waals surface area contributed by atoms with Crippen molar-refractivity contribution in [3.63, 3.8) is 0 Å². The molecule has 0 unspecified atom stereocenters. The minimum atomic E-state index is -4.03. The van der Waals surface area contributed by atoms with Crippen LogP contribution in [0.1, 0.15) is 24.8 Å². The topological polar surface area (TPSA) is 0 Å². The summed E-state index contributed by atoms with van der Waals surface area (Å²) in [7, 11) is 0. The maximum Gasteiger partial charge on any atom is 0.389 e. The lowest BCUT2D eigenvalue weighted by molar-refractivity contribution is -0.135. The molecule has 0 bridgehead atoms. The van der Waals surface area contributed by atoms with Gasteiger partial charge in [-0.15, -0.1) is 0 Å². The van der Waals surface area contributed by atoms with Crippen LogP contribution in [0.25, 0.3) is 0 Å². The minimum absolute atomic E-state index is 0.171. The third-order valence-corrected chi connectivity index (χ3v) is 3.07. The van der Waals surface area contributed by atoms with E-state index in [9.17, 15) is 13.2 Å². The number of allylic oxidation sites excluding steroid dienone is 2. The standard InChI is InChI=1S/C13H14F3I/c14-13(15,16)9-5-4-8-12(17)10-11-6-2-1-3-7-11/h1-3,6-8H,4-5,9-10H2. The number of hydrogen-bond acceptors (Lipinski definition) is 0. The minimum Gasteiger partial charge on any atom is -0.171 e. The Hall–Kier alpha value is -0.520. The zero-order chi connectivity index (χ0) is 12.7. The summed E-state index contributed by atoms with van der Waals surface area (Å²) >= 11 is 2.19. The lowest BCUT2D eigenvalue weighted by atomic mass is 10.1. The molecular formula is C13H14F3I. The molecular weight excluding hydrogens is 340 g/mol. The van der Waals surface area contributed by atoms with Gasteiger partial charge in [-0.2, -0.15) is 13.2 Å². The molecule has 1 aromatic rings. The Kier molecular flexibility index (Phi) is 6.02. The van der Waals surface area contributed by atoms with Crippen LogP contribution < -0.4 is 0 Å². The third-order valence-electron chi connectivity index (χ3n) is 2.25. The summed E-state index contributed by atoms with van der Waals surface area (Å²) in [6.07, 6.45) is -1.38. The summed E-state index contributed by atoms with van der Waals surface area (Å²) in [5.41, 5.74) is 1.18. The molecule has 0 aliphatic heterocycles. The molecule has 0 amide bonds. The average molecular weight is 354 g/mol. The molecule has 0 atom stereocenters. The molecule has 1 aromatic carbocycles. The normalized spacial score (nSPS) is 12.8. The van der Waals surface area contributed by atoms with Crippen molar-refractivity contribution in [1.82, 2.24) is 0 Å². The van der Waals surface area contributed by atoms with Crippen LogP contribution >= 0.6 is 22.6 Å². The molecule has 0 radical (unpaired) electrons. The van der Waals surface area contributed by atoms with Crippen LogP contribution in [0.3, 0.4) is 0 Å². The van der Waals surface area contributed by atoms with Gasteiger partial charge in [0, 0.05) is 12.8 Å². The fourth-order valence-electron chi connectivity index (χ4n) is 1.42. The first-order valence-corrected chi connectivity index (χ1v) is 6.50. The molecule has 1 rings (SSSR count). The van der Waals surface area contributed by atoms with Crippen LogP contribution in [0.4, 0.5) is 13.2 Å². The number of rotatable bonds is 5. The molecule has 4 heteroatoms. The number of unbranched alkanes of at least 4 members (excludes halogenated alkanes) is 1. The van der Waals surface area contributed by atoms with Gasteiger partial charge in [0.05, 0.1) is 0 Å². The Bertz CT molecular complexity index is 355. The predicted molar refractivity (Wildman–Crippen MR) is 72.2 cm³/mol. The quantitative estimate of drug-likeness (QED) is 0.499. The fraction of sp³-hybridized carbons (Fsp3) is 0.385. The second kappa shape index (κ2) is 7.03. The van der Waals surface area contributed by atoms with Crippen molar-refractivity contribution in [3.05, 3.63) is 45.6 Å². The third kappa shape index (κ3) is 7.41. The molecule has 94 valence electrons. The first-order chi connectivity index (χ1) is 7.97. The van der Waals surface area contributed by atoms with Crippen LogP contribution in [0.15, 0.2) is 40.0 Å². The summed E-state index contributed by atoms with van der Waals surface area (Å²) in [6.45, 7) is 0. The van der Waals surface area contributed by atoms with Gasteiger partial charge in [0.2, 0.25) is 0 Å². The van der Waals surface area contributed by atoms with E-state index in [0.29, 0.717) is 6.42 Å². The molecule has 0 aliphatic rings. The SMILES string of the molecule is FC(F)(F)CCCC=C(I)Cc1ccccc1. The van der Waals surface area contributed by atoms with Gasteiger partial charge < -0.3 is 0 Å². The largest absolute Gasteiger partial charge is 0.389 e. The lowest BCUT2D eigenvalue weighted by Crippen LogP contribution is -2.05. The lowest BCUT2D eigenvalue weighted by Gasteiger charge is -2.04. The van der Waals surface area contributed by atoms with Crippen molar-refractivity contribution in [2.75, 3.05) is 0 Å². The molecule has 0 fully saturated rings. The molecule has 0 saturated carbocycles. The van der Waals surface area contributed by atoms with Gasteiger partial charge in [-0.05, 0) is 44.6 Å². The van der Waals surface area contributed by atoms with Crippen LogP contribution in [0, 0.1) is 0 Å². The van der Waals surface area contributed by atoms with E-state index in [1.807, 2.05) is 36.4 Å². The van der Waals surface area contributed by atoms with Gasteiger partial charge in [0.15, 0.2) is 0 Å². The first-order valence-electron chi connectivity index (χ1n) is 5.42. The fourth-order valence-corrected chi connectivity index (χ4v) is 2.18. The van der Waals surface area contributed by atoms with Crippen LogP contribution in [-0.2, 0) is 6.42 Å². The smallest absolute Gasteiger partial charge is 0.171 e. The Morgan fingerprint density at radius 2 is 1.82 bits per heavy atom. The van der Waals surface area contributed by atoms with Crippen molar-refractivity contribution in [3.8, 4) is 0 Å². The van der Waals surface area contributed by atoms with E-state index in [2.05, 4.69) is 22.6 Å². The Labute approximate surface area is 113 Å². The Morgan fingerprint density at radius 3 is 2.41 bits per heavy atom. The van der Waals surface area contributed by atoms with Gasteiger partial charge >= 0.3 is 6.18 Å². The maximum absolute atomic E-state index is 11.9.